The molecule has 29 heavy (non-hydrogen) atoms. The Balaban J connectivity index is 1.68. The van der Waals surface area contributed by atoms with Gasteiger partial charge in [0.05, 0.1) is 25.6 Å². The third-order valence-corrected chi connectivity index (χ3v) is 7.71. The standard InChI is InChI=1S/C22H33NO5S/c1-29(25,26)23-20-7-4-6-18-19(20)14-27-16-11-9-15(10-12-16)17-5-2-3-8-21(17)28-22(18)13-24/h2-3,5,8,15-16,18-20,22-24H,4,6-7,9-14H2,1H3/t15-,16+,18?,19-,20+,22-/m1/s1. The van der Waals surface area contributed by atoms with Crippen LogP contribution in [0, 0.1) is 11.8 Å². The van der Waals surface area contributed by atoms with Crippen LogP contribution >= 0.6 is 0 Å². The number of rotatable bonds is 3. The Hall–Kier alpha value is -1.15. The van der Waals surface area contributed by atoms with Gasteiger partial charge >= 0.3 is 0 Å². The Kier molecular flexibility index (Phi) is 6.49. The smallest absolute Gasteiger partial charge is 0.208 e. The average Bonchev–Trinajstić information content (AvgIpc) is 2.69. The lowest BCUT2D eigenvalue weighted by Gasteiger charge is -2.43. The van der Waals surface area contributed by atoms with Gasteiger partial charge in [-0.1, -0.05) is 24.6 Å². The van der Waals surface area contributed by atoms with Crippen LogP contribution in [0.25, 0.3) is 0 Å². The summed E-state index contributed by atoms with van der Waals surface area (Å²) in [5, 5.41) is 10.2. The number of fused-ring (bicyclic) bond motifs is 4. The molecular formula is C22H33NO5S. The van der Waals surface area contributed by atoms with E-state index in [1.165, 1.54) is 11.8 Å². The van der Waals surface area contributed by atoms with E-state index in [4.69, 9.17) is 9.47 Å². The van der Waals surface area contributed by atoms with E-state index in [0.29, 0.717) is 12.5 Å². The number of aliphatic hydroxyl groups excluding tert-OH is 1. The molecule has 0 spiro atoms. The fourth-order valence-electron chi connectivity index (χ4n) is 5.56. The minimum Gasteiger partial charge on any atom is -0.487 e. The van der Waals surface area contributed by atoms with E-state index >= 15 is 0 Å². The van der Waals surface area contributed by atoms with Crippen molar-refractivity contribution in [3.05, 3.63) is 29.8 Å². The molecular weight excluding hydrogens is 390 g/mol. The molecule has 2 aliphatic heterocycles. The SMILES string of the molecule is CS(=O)(=O)N[C@H]1CCCC2[C@H]1CO[C@H]1CC[C@H](CC1)c1ccccc1O[C@@H]2CO. The van der Waals surface area contributed by atoms with Gasteiger partial charge in [0.1, 0.15) is 11.9 Å². The lowest BCUT2D eigenvalue weighted by Crippen LogP contribution is -2.51. The molecule has 6 nitrogen and oxygen atoms in total. The summed E-state index contributed by atoms with van der Waals surface area (Å²) >= 11 is 0. The molecule has 2 fully saturated rings. The number of hydrogen-bond acceptors (Lipinski definition) is 5. The van der Waals surface area contributed by atoms with Crippen LogP contribution < -0.4 is 9.46 Å². The van der Waals surface area contributed by atoms with Crippen LogP contribution in [0.15, 0.2) is 24.3 Å². The van der Waals surface area contributed by atoms with Crippen molar-refractivity contribution in [3.63, 3.8) is 0 Å². The van der Waals surface area contributed by atoms with Gasteiger partial charge in [-0.05, 0) is 56.1 Å². The Morgan fingerprint density at radius 2 is 1.83 bits per heavy atom. The fourth-order valence-corrected chi connectivity index (χ4v) is 6.40. The first-order valence-electron chi connectivity index (χ1n) is 10.9. The van der Waals surface area contributed by atoms with Gasteiger partial charge in [0.2, 0.25) is 10.0 Å². The van der Waals surface area contributed by atoms with Gasteiger partial charge in [0.25, 0.3) is 0 Å². The predicted octanol–water partition coefficient (Wildman–Crippen LogP) is 2.82. The third-order valence-electron chi connectivity index (χ3n) is 6.98. The Morgan fingerprint density at radius 1 is 1.07 bits per heavy atom. The van der Waals surface area contributed by atoms with Gasteiger partial charge in [-0.2, -0.15) is 0 Å². The van der Waals surface area contributed by atoms with Crippen molar-refractivity contribution in [1.29, 1.82) is 0 Å². The Bertz CT molecular complexity index is 790. The quantitative estimate of drug-likeness (QED) is 0.781. The highest BCUT2D eigenvalue weighted by Crippen LogP contribution is 2.42. The molecule has 1 aromatic rings. The minimum atomic E-state index is -3.32. The Morgan fingerprint density at radius 3 is 2.55 bits per heavy atom. The normalized spacial score (nSPS) is 35.5. The second kappa shape index (κ2) is 8.92. The molecule has 0 saturated heterocycles. The molecule has 2 bridgehead atoms. The largest absolute Gasteiger partial charge is 0.487 e. The zero-order valence-corrected chi connectivity index (χ0v) is 17.9. The lowest BCUT2D eigenvalue weighted by molar-refractivity contribution is -0.0540. The first-order valence-corrected chi connectivity index (χ1v) is 12.8. The van der Waals surface area contributed by atoms with Crippen molar-refractivity contribution in [1.82, 2.24) is 4.72 Å². The summed E-state index contributed by atoms with van der Waals surface area (Å²) in [5.74, 6) is 1.36. The van der Waals surface area contributed by atoms with E-state index in [0.717, 1.165) is 50.7 Å². The predicted molar refractivity (Wildman–Crippen MR) is 111 cm³/mol. The third kappa shape index (κ3) is 4.95. The van der Waals surface area contributed by atoms with Crippen LogP contribution in [0.3, 0.4) is 0 Å². The molecule has 162 valence electrons. The second-order valence-corrected chi connectivity index (χ2v) is 10.7. The number of benzene rings is 1. The molecule has 1 aromatic carbocycles. The highest BCUT2D eigenvalue weighted by atomic mass is 32.2. The minimum absolute atomic E-state index is 0.0139. The molecule has 4 aliphatic rings. The van der Waals surface area contributed by atoms with Crippen molar-refractivity contribution in [2.75, 3.05) is 19.5 Å². The summed E-state index contributed by atoms with van der Waals surface area (Å²) in [5.41, 5.74) is 1.23. The van der Waals surface area contributed by atoms with Gasteiger partial charge < -0.3 is 14.6 Å². The van der Waals surface area contributed by atoms with Crippen LogP contribution in [-0.4, -0.2) is 51.2 Å². The molecule has 0 radical (unpaired) electrons. The monoisotopic (exact) mass is 423 g/mol. The highest BCUT2D eigenvalue weighted by Gasteiger charge is 2.41. The summed E-state index contributed by atoms with van der Waals surface area (Å²) in [4.78, 5) is 0. The summed E-state index contributed by atoms with van der Waals surface area (Å²) in [6, 6.07) is 8.01. The number of hydrogen-bond donors (Lipinski definition) is 2. The molecule has 0 amide bonds. The van der Waals surface area contributed by atoms with Crippen molar-refractivity contribution in [2.45, 2.75) is 69.1 Å². The molecule has 2 heterocycles. The van der Waals surface area contributed by atoms with Gasteiger partial charge in [0.15, 0.2) is 0 Å². The van der Waals surface area contributed by atoms with Crippen molar-refractivity contribution < 1.29 is 23.0 Å². The van der Waals surface area contributed by atoms with Gasteiger partial charge in [0, 0.05) is 17.9 Å². The van der Waals surface area contributed by atoms with Gasteiger partial charge in [-0.25, -0.2) is 13.1 Å². The van der Waals surface area contributed by atoms with E-state index in [-0.39, 0.29) is 36.7 Å². The van der Waals surface area contributed by atoms with Gasteiger partial charge in [-0.15, -0.1) is 0 Å². The topological polar surface area (TPSA) is 84.9 Å². The summed E-state index contributed by atoms with van der Waals surface area (Å²) < 4.78 is 39.5. The molecule has 2 saturated carbocycles. The fraction of sp³-hybridized carbons (Fsp3) is 0.727. The van der Waals surface area contributed by atoms with Crippen molar-refractivity contribution in [3.8, 4) is 5.75 Å². The van der Waals surface area contributed by atoms with Crippen LogP contribution in [-0.2, 0) is 14.8 Å². The number of aliphatic hydroxyl groups is 1. The molecule has 2 aliphatic carbocycles. The zero-order chi connectivity index (χ0) is 20.4. The van der Waals surface area contributed by atoms with Crippen LogP contribution in [0.2, 0.25) is 0 Å². The van der Waals surface area contributed by atoms with Crippen molar-refractivity contribution in [2.24, 2.45) is 11.8 Å². The van der Waals surface area contributed by atoms with Crippen LogP contribution in [0.5, 0.6) is 5.75 Å². The number of ether oxygens (including phenoxy) is 2. The maximum Gasteiger partial charge on any atom is 0.208 e. The maximum atomic E-state index is 12.0. The molecule has 7 heteroatoms. The van der Waals surface area contributed by atoms with Crippen LogP contribution in [0.4, 0.5) is 0 Å². The first kappa shape index (κ1) is 21.1. The molecule has 0 aromatic heterocycles. The summed E-state index contributed by atoms with van der Waals surface area (Å²) in [7, 11) is -3.32. The number of nitrogens with one attached hydrogen (secondary N) is 1. The maximum absolute atomic E-state index is 12.0. The number of sulfonamides is 1. The van der Waals surface area contributed by atoms with E-state index in [2.05, 4.69) is 16.9 Å². The summed E-state index contributed by atoms with van der Waals surface area (Å²) in [6.07, 6.45) is 7.83. The van der Waals surface area contributed by atoms with Crippen molar-refractivity contribution >= 4 is 10.0 Å². The second-order valence-electron chi connectivity index (χ2n) is 8.94. The zero-order valence-electron chi connectivity index (χ0n) is 17.1. The Labute approximate surface area is 174 Å². The number of para-hydroxylation sites is 1. The van der Waals surface area contributed by atoms with E-state index in [1.54, 1.807) is 0 Å². The van der Waals surface area contributed by atoms with E-state index < -0.39 is 10.0 Å². The highest BCUT2D eigenvalue weighted by molar-refractivity contribution is 7.88. The average molecular weight is 424 g/mol. The van der Waals surface area contributed by atoms with Crippen LogP contribution in [0.1, 0.15) is 56.4 Å². The lowest BCUT2D eigenvalue weighted by atomic mass is 9.73. The molecule has 5 rings (SSSR count). The van der Waals surface area contributed by atoms with E-state index in [9.17, 15) is 13.5 Å². The van der Waals surface area contributed by atoms with E-state index in [1.807, 2.05) is 12.1 Å². The molecule has 2 N–H and O–H groups in total. The van der Waals surface area contributed by atoms with Gasteiger partial charge in [-0.3, -0.25) is 0 Å². The molecule has 4 atom stereocenters. The summed E-state index contributed by atoms with van der Waals surface area (Å²) in [6.45, 7) is 0.421. The first-order chi connectivity index (χ1) is 13.9. The molecule has 1 unspecified atom stereocenters.